The first-order chi connectivity index (χ1) is 16.8. The van der Waals surface area contributed by atoms with Crippen LogP contribution >= 0.6 is 0 Å². The van der Waals surface area contributed by atoms with Gasteiger partial charge in [0.2, 0.25) is 5.91 Å². The van der Waals surface area contributed by atoms with Crippen molar-refractivity contribution in [3.05, 3.63) is 59.7 Å². The van der Waals surface area contributed by atoms with Gasteiger partial charge in [-0.05, 0) is 42.0 Å². The van der Waals surface area contributed by atoms with Crippen molar-refractivity contribution in [1.82, 2.24) is 10.6 Å². The number of carbonyl (C=O) groups excluding carboxylic acids is 2. The Morgan fingerprint density at radius 3 is 2.03 bits per heavy atom. The standard InChI is InChI=1S/C27H34N2O6/c1-5-27(6-2,25(32)29-23(24(30)31)17(3)34-4)16-28-26(33)35-15-22-20-13-9-7-11-18(20)19-12-8-10-14-21(19)22/h7-14,17,22-23H,5-6,15-16H2,1-4H3,(H,28,33)(H,29,32)(H,30,31)/t17-,23+/m1/s1. The van der Waals surface area contributed by atoms with Crippen molar-refractivity contribution in [3.8, 4) is 11.1 Å². The average molecular weight is 483 g/mol. The van der Waals surface area contributed by atoms with Gasteiger partial charge in [0.05, 0.1) is 11.5 Å². The molecule has 0 fully saturated rings. The minimum absolute atomic E-state index is 0.0240. The minimum Gasteiger partial charge on any atom is -0.480 e. The number of aliphatic carboxylic acids is 1. The van der Waals surface area contributed by atoms with Gasteiger partial charge in [-0.25, -0.2) is 9.59 Å². The van der Waals surface area contributed by atoms with Gasteiger partial charge < -0.3 is 25.2 Å². The van der Waals surface area contributed by atoms with E-state index in [-0.39, 0.29) is 19.1 Å². The fourth-order valence-electron chi connectivity index (χ4n) is 4.60. The molecule has 188 valence electrons. The summed E-state index contributed by atoms with van der Waals surface area (Å²) in [4.78, 5) is 37.3. The molecule has 0 radical (unpaired) electrons. The number of carboxylic acid groups (broad SMARTS) is 1. The molecular weight excluding hydrogens is 448 g/mol. The molecule has 0 spiro atoms. The summed E-state index contributed by atoms with van der Waals surface area (Å²) in [5, 5.41) is 14.8. The monoisotopic (exact) mass is 482 g/mol. The highest BCUT2D eigenvalue weighted by atomic mass is 16.5. The summed E-state index contributed by atoms with van der Waals surface area (Å²) < 4.78 is 10.7. The molecule has 0 unspecified atom stereocenters. The fourth-order valence-corrected chi connectivity index (χ4v) is 4.60. The van der Waals surface area contributed by atoms with Gasteiger partial charge >= 0.3 is 12.1 Å². The lowest BCUT2D eigenvalue weighted by atomic mass is 9.81. The van der Waals surface area contributed by atoms with E-state index in [9.17, 15) is 19.5 Å². The van der Waals surface area contributed by atoms with Crippen LogP contribution in [0.4, 0.5) is 4.79 Å². The molecule has 0 saturated heterocycles. The lowest BCUT2D eigenvalue weighted by Gasteiger charge is -2.32. The zero-order valence-electron chi connectivity index (χ0n) is 20.7. The van der Waals surface area contributed by atoms with Crippen LogP contribution in [0.5, 0.6) is 0 Å². The predicted octanol–water partition coefficient (Wildman–Crippen LogP) is 3.94. The summed E-state index contributed by atoms with van der Waals surface area (Å²) in [6.07, 6.45) is -0.511. The van der Waals surface area contributed by atoms with E-state index in [4.69, 9.17) is 9.47 Å². The van der Waals surface area contributed by atoms with Crippen LogP contribution in [0.15, 0.2) is 48.5 Å². The number of benzene rings is 2. The maximum Gasteiger partial charge on any atom is 0.407 e. The summed E-state index contributed by atoms with van der Waals surface area (Å²) in [6.45, 7) is 5.43. The highest BCUT2D eigenvalue weighted by Crippen LogP contribution is 2.44. The molecule has 8 nitrogen and oxygen atoms in total. The summed E-state index contributed by atoms with van der Waals surface area (Å²) in [7, 11) is 1.39. The molecule has 1 aliphatic rings. The second kappa shape index (κ2) is 11.4. The van der Waals surface area contributed by atoms with Gasteiger partial charge in [0.15, 0.2) is 6.04 Å². The number of hydrogen-bond donors (Lipinski definition) is 3. The van der Waals surface area contributed by atoms with E-state index in [0.29, 0.717) is 12.8 Å². The third-order valence-corrected chi connectivity index (χ3v) is 7.14. The van der Waals surface area contributed by atoms with Crippen molar-refractivity contribution in [2.75, 3.05) is 20.3 Å². The second-order valence-electron chi connectivity index (χ2n) is 8.90. The van der Waals surface area contributed by atoms with Crippen molar-refractivity contribution in [1.29, 1.82) is 0 Å². The number of nitrogens with one attached hydrogen (secondary N) is 2. The van der Waals surface area contributed by atoms with Gasteiger partial charge in [-0.3, -0.25) is 4.79 Å². The Balaban J connectivity index is 1.64. The molecular formula is C27H34N2O6. The predicted molar refractivity (Wildman–Crippen MR) is 132 cm³/mol. The maximum atomic E-state index is 13.1. The maximum absolute atomic E-state index is 13.1. The molecule has 3 N–H and O–H groups in total. The molecule has 2 amide bonds. The van der Waals surface area contributed by atoms with Gasteiger partial charge in [-0.1, -0.05) is 62.4 Å². The van der Waals surface area contributed by atoms with E-state index in [1.165, 1.54) is 7.11 Å². The van der Waals surface area contributed by atoms with Gasteiger partial charge in [0.25, 0.3) is 0 Å². The number of rotatable bonds is 11. The molecule has 0 aromatic heterocycles. The van der Waals surface area contributed by atoms with E-state index in [1.807, 2.05) is 50.2 Å². The van der Waals surface area contributed by atoms with Crippen LogP contribution in [-0.2, 0) is 19.1 Å². The van der Waals surface area contributed by atoms with E-state index in [1.54, 1.807) is 6.92 Å². The van der Waals surface area contributed by atoms with Crippen LogP contribution in [0, 0.1) is 5.41 Å². The topological polar surface area (TPSA) is 114 Å². The van der Waals surface area contributed by atoms with Crippen LogP contribution < -0.4 is 10.6 Å². The first kappa shape index (κ1) is 26.2. The molecule has 0 bridgehead atoms. The van der Waals surface area contributed by atoms with E-state index >= 15 is 0 Å². The second-order valence-corrected chi connectivity index (χ2v) is 8.90. The molecule has 8 heteroatoms. The Labute approximate surface area is 206 Å². The number of hydrogen-bond acceptors (Lipinski definition) is 5. The van der Waals surface area contributed by atoms with Gasteiger partial charge in [-0.2, -0.15) is 0 Å². The van der Waals surface area contributed by atoms with Gasteiger partial charge in [-0.15, -0.1) is 0 Å². The smallest absolute Gasteiger partial charge is 0.407 e. The Morgan fingerprint density at radius 1 is 1.00 bits per heavy atom. The highest BCUT2D eigenvalue weighted by molar-refractivity contribution is 5.88. The Hall–Kier alpha value is -3.39. The lowest BCUT2D eigenvalue weighted by Crippen LogP contribution is -2.55. The normalized spacial score (nSPS) is 14.4. The molecule has 2 atom stereocenters. The van der Waals surface area contributed by atoms with Crippen molar-refractivity contribution >= 4 is 18.0 Å². The van der Waals surface area contributed by atoms with E-state index < -0.39 is 35.5 Å². The molecule has 2 aromatic rings. The van der Waals surface area contributed by atoms with E-state index in [0.717, 1.165) is 22.3 Å². The summed E-state index contributed by atoms with van der Waals surface area (Å²) in [6, 6.07) is 15.0. The average Bonchev–Trinajstić information content (AvgIpc) is 3.20. The number of methoxy groups -OCH3 is 1. The number of carboxylic acids is 1. The highest BCUT2D eigenvalue weighted by Gasteiger charge is 2.39. The number of carbonyl (C=O) groups is 3. The van der Waals surface area contributed by atoms with Gasteiger partial charge in [0, 0.05) is 19.6 Å². The zero-order chi connectivity index (χ0) is 25.6. The third kappa shape index (κ3) is 5.48. The van der Waals surface area contributed by atoms with Crippen LogP contribution in [0.1, 0.15) is 50.7 Å². The quantitative estimate of drug-likeness (QED) is 0.447. The molecule has 3 rings (SSSR count). The molecule has 2 aromatic carbocycles. The van der Waals surface area contributed by atoms with Crippen LogP contribution in [-0.4, -0.2) is 55.5 Å². The largest absolute Gasteiger partial charge is 0.480 e. The Bertz CT molecular complexity index is 1020. The summed E-state index contributed by atoms with van der Waals surface area (Å²) in [5.41, 5.74) is 3.53. The molecule has 1 aliphatic carbocycles. The molecule has 0 saturated carbocycles. The number of ether oxygens (including phenoxy) is 2. The SMILES string of the molecule is CCC(CC)(CNC(=O)OCC1c2ccccc2-c2ccccc21)C(=O)N[C@H](C(=O)O)[C@@H](C)OC. The third-order valence-electron chi connectivity index (χ3n) is 7.14. The number of amides is 2. The van der Waals surface area contributed by atoms with Crippen LogP contribution in [0.25, 0.3) is 11.1 Å². The summed E-state index contributed by atoms with van der Waals surface area (Å²) in [5.74, 6) is -1.69. The molecule has 35 heavy (non-hydrogen) atoms. The molecule has 0 heterocycles. The van der Waals surface area contributed by atoms with Crippen LogP contribution in [0.2, 0.25) is 0 Å². The van der Waals surface area contributed by atoms with Crippen molar-refractivity contribution in [3.63, 3.8) is 0 Å². The number of fused-ring (bicyclic) bond motifs is 3. The first-order valence-corrected chi connectivity index (χ1v) is 11.9. The van der Waals surface area contributed by atoms with Gasteiger partial charge in [0.1, 0.15) is 6.61 Å². The van der Waals surface area contributed by atoms with E-state index in [2.05, 4.69) is 22.8 Å². The lowest BCUT2D eigenvalue weighted by molar-refractivity contribution is -0.147. The minimum atomic E-state index is -1.19. The fraction of sp³-hybridized carbons (Fsp3) is 0.444. The summed E-state index contributed by atoms with van der Waals surface area (Å²) >= 11 is 0. The van der Waals surface area contributed by atoms with Crippen LogP contribution in [0.3, 0.4) is 0 Å². The Kier molecular flexibility index (Phi) is 8.51. The first-order valence-electron chi connectivity index (χ1n) is 11.9. The number of alkyl carbamates (subject to hydrolysis) is 1. The zero-order valence-corrected chi connectivity index (χ0v) is 20.7. The van der Waals surface area contributed by atoms with Crippen molar-refractivity contribution < 1.29 is 29.0 Å². The molecule has 0 aliphatic heterocycles. The van der Waals surface area contributed by atoms with Crippen molar-refractivity contribution in [2.45, 2.75) is 51.7 Å². The Morgan fingerprint density at radius 2 is 1.54 bits per heavy atom. The van der Waals surface area contributed by atoms with Crippen molar-refractivity contribution in [2.24, 2.45) is 5.41 Å².